The molecule has 0 aromatic rings. The number of rotatable bonds is 7. The molecule has 1 atom stereocenters. The summed E-state index contributed by atoms with van der Waals surface area (Å²) in [6, 6.07) is 0. The standard InChI is InChI=1S/C16H28N2O2S/c1-5-16(6-2)14(20)18(10-7-11-21-4)15(3,12-8-9-12)13(19)17-16/h12H,5-11H2,1-4H3,(H,17,19). The Morgan fingerprint density at radius 1 is 1.29 bits per heavy atom. The maximum atomic E-state index is 13.1. The number of amides is 2. The van der Waals surface area contributed by atoms with Gasteiger partial charge in [-0.3, -0.25) is 9.59 Å². The highest BCUT2D eigenvalue weighted by atomic mass is 32.2. The van der Waals surface area contributed by atoms with Crippen molar-refractivity contribution in [1.82, 2.24) is 10.2 Å². The Bertz CT molecular complexity index is 419. The minimum Gasteiger partial charge on any atom is -0.340 e. The van der Waals surface area contributed by atoms with E-state index in [-0.39, 0.29) is 11.8 Å². The second-order valence-corrected chi connectivity index (χ2v) is 7.45. The quantitative estimate of drug-likeness (QED) is 0.735. The van der Waals surface area contributed by atoms with Crippen LogP contribution in [-0.2, 0) is 9.59 Å². The smallest absolute Gasteiger partial charge is 0.249 e. The molecule has 2 rings (SSSR count). The molecule has 4 nitrogen and oxygen atoms in total. The normalized spacial score (nSPS) is 28.7. The number of piperazine rings is 1. The summed E-state index contributed by atoms with van der Waals surface area (Å²) < 4.78 is 0. The lowest BCUT2D eigenvalue weighted by atomic mass is 9.80. The van der Waals surface area contributed by atoms with Crippen LogP contribution < -0.4 is 5.32 Å². The van der Waals surface area contributed by atoms with Gasteiger partial charge in [-0.1, -0.05) is 13.8 Å². The molecule has 2 aliphatic rings. The highest BCUT2D eigenvalue weighted by Gasteiger charge is 2.60. The number of nitrogens with one attached hydrogen (secondary N) is 1. The molecule has 0 aromatic carbocycles. The Balaban J connectivity index is 2.30. The van der Waals surface area contributed by atoms with Crippen LogP contribution in [0.1, 0.15) is 52.9 Å². The Hall–Kier alpha value is -0.710. The molecular formula is C16H28N2O2S. The number of hydrogen-bond donors (Lipinski definition) is 1. The maximum absolute atomic E-state index is 13.1. The average Bonchev–Trinajstić information content (AvgIpc) is 3.32. The van der Waals surface area contributed by atoms with Crippen molar-refractivity contribution in [2.75, 3.05) is 18.6 Å². The van der Waals surface area contributed by atoms with Crippen LogP contribution >= 0.6 is 11.8 Å². The van der Waals surface area contributed by atoms with E-state index in [9.17, 15) is 9.59 Å². The zero-order chi connectivity index (χ0) is 15.7. The zero-order valence-corrected chi connectivity index (χ0v) is 14.5. The van der Waals surface area contributed by atoms with Gasteiger partial charge in [0.1, 0.15) is 11.1 Å². The van der Waals surface area contributed by atoms with E-state index in [0.717, 1.165) is 25.0 Å². The summed E-state index contributed by atoms with van der Waals surface area (Å²) in [6.45, 7) is 6.64. The number of carbonyl (C=O) groups is 2. The molecule has 0 aromatic heterocycles. The monoisotopic (exact) mass is 312 g/mol. The van der Waals surface area contributed by atoms with E-state index in [1.54, 1.807) is 11.8 Å². The molecule has 5 heteroatoms. The van der Waals surface area contributed by atoms with E-state index < -0.39 is 11.1 Å². The molecule has 0 spiro atoms. The second-order valence-electron chi connectivity index (χ2n) is 6.47. The van der Waals surface area contributed by atoms with Crippen molar-refractivity contribution in [2.24, 2.45) is 5.92 Å². The van der Waals surface area contributed by atoms with Crippen molar-refractivity contribution in [1.29, 1.82) is 0 Å². The lowest BCUT2D eigenvalue weighted by molar-refractivity contribution is -0.164. The third-order valence-electron chi connectivity index (χ3n) is 5.34. The maximum Gasteiger partial charge on any atom is 0.249 e. The fourth-order valence-electron chi connectivity index (χ4n) is 3.47. The van der Waals surface area contributed by atoms with Crippen LogP contribution in [0.3, 0.4) is 0 Å². The SMILES string of the molecule is CCC1(CC)NC(=O)C(C)(C2CC2)N(CCCSC)C1=O. The predicted octanol–water partition coefficient (Wildman–Crippen LogP) is 2.43. The van der Waals surface area contributed by atoms with E-state index in [4.69, 9.17) is 0 Å². The predicted molar refractivity (Wildman–Crippen MR) is 87.3 cm³/mol. The number of nitrogens with zero attached hydrogens (tertiary/aromatic N) is 1. The molecular weight excluding hydrogens is 284 g/mol. The van der Waals surface area contributed by atoms with Gasteiger partial charge in [-0.25, -0.2) is 0 Å². The fraction of sp³-hybridized carbons (Fsp3) is 0.875. The molecule has 21 heavy (non-hydrogen) atoms. The molecule has 1 N–H and O–H groups in total. The zero-order valence-electron chi connectivity index (χ0n) is 13.7. The highest BCUT2D eigenvalue weighted by molar-refractivity contribution is 7.98. The molecule has 2 fully saturated rings. The van der Waals surface area contributed by atoms with Crippen molar-refractivity contribution in [3.8, 4) is 0 Å². The van der Waals surface area contributed by atoms with Gasteiger partial charge in [0.05, 0.1) is 0 Å². The summed E-state index contributed by atoms with van der Waals surface area (Å²) in [5, 5.41) is 3.08. The first kappa shape index (κ1) is 16.7. The van der Waals surface area contributed by atoms with Crippen LogP contribution in [0.15, 0.2) is 0 Å². The van der Waals surface area contributed by atoms with Crippen LogP contribution in [0.4, 0.5) is 0 Å². The van der Waals surface area contributed by atoms with E-state index in [1.807, 2.05) is 25.7 Å². The fourth-order valence-corrected chi connectivity index (χ4v) is 3.89. The highest BCUT2D eigenvalue weighted by Crippen LogP contribution is 2.46. The van der Waals surface area contributed by atoms with Crippen molar-refractivity contribution in [2.45, 2.75) is 64.0 Å². The lowest BCUT2D eigenvalue weighted by Crippen LogP contribution is -2.75. The van der Waals surface area contributed by atoms with Crippen LogP contribution in [0.2, 0.25) is 0 Å². The van der Waals surface area contributed by atoms with Crippen LogP contribution in [0.5, 0.6) is 0 Å². The van der Waals surface area contributed by atoms with E-state index >= 15 is 0 Å². The summed E-state index contributed by atoms with van der Waals surface area (Å²) in [7, 11) is 0. The largest absolute Gasteiger partial charge is 0.340 e. The Labute approximate surface area is 132 Å². The molecule has 0 bridgehead atoms. The topological polar surface area (TPSA) is 49.4 Å². The van der Waals surface area contributed by atoms with Gasteiger partial charge in [0.15, 0.2) is 0 Å². The van der Waals surface area contributed by atoms with Crippen molar-refractivity contribution < 1.29 is 9.59 Å². The van der Waals surface area contributed by atoms with Gasteiger partial charge in [-0.2, -0.15) is 11.8 Å². The Morgan fingerprint density at radius 2 is 1.90 bits per heavy atom. The average molecular weight is 312 g/mol. The summed E-state index contributed by atoms with van der Waals surface area (Å²) >= 11 is 1.79. The first-order valence-corrected chi connectivity index (χ1v) is 9.49. The minimum atomic E-state index is -0.690. The van der Waals surface area contributed by atoms with Crippen LogP contribution in [0.25, 0.3) is 0 Å². The van der Waals surface area contributed by atoms with Crippen LogP contribution in [0, 0.1) is 5.92 Å². The Kier molecular flexibility index (Phi) is 4.91. The third kappa shape index (κ3) is 2.69. The summed E-state index contributed by atoms with van der Waals surface area (Å²) in [6.07, 6.45) is 6.46. The minimum absolute atomic E-state index is 0.0532. The first-order chi connectivity index (χ1) is 9.96. The van der Waals surface area contributed by atoms with Gasteiger partial charge in [0, 0.05) is 6.54 Å². The molecule has 1 heterocycles. The van der Waals surface area contributed by atoms with Gasteiger partial charge in [0.25, 0.3) is 0 Å². The van der Waals surface area contributed by atoms with Gasteiger partial charge >= 0.3 is 0 Å². The molecule has 1 saturated carbocycles. The third-order valence-corrected chi connectivity index (χ3v) is 6.03. The molecule has 1 unspecified atom stereocenters. The van der Waals surface area contributed by atoms with E-state index in [2.05, 4.69) is 11.6 Å². The lowest BCUT2D eigenvalue weighted by Gasteiger charge is -2.51. The second kappa shape index (κ2) is 6.19. The molecule has 1 aliphatic heterocycles. The molecule has 1 aliphatic carbocycles. The van der Waals surface area contributed by atoms with Crippen molar-refractivity contribution in [3.05, 3.63) is 0 Å². The van der Waals surface area contributed by atoms with Gasteiger partial charge in [-0.15, -0.1) is 0 Å². The molecule has 2 amide bonds. The first-order valence-electron chi connectivity index (χ1n) is 8.10. The van der Waals surface area contributed by atoms with Gasteiger partial charge < -0.3 is 10.2 Å². The summed E-state index contributed by atoms with van der Waals surface area (Å²) in [4.78, 5) is 27.8. The number of hydrogen-bond acceptors (Lipinski definition) is 3. The van der Waals surface area contributed by atoms with Crippen molar-refractivity contribution in [3.63, 3.8) is 0 Å². The van der Waals surface area contributed by atoms with Crippen LogP contribution in [-0.4, -0.2) is 46.3 Å². The van der Waals surface area contributed by atoms with E-state index in [1.165, 1.54) is 0 Å². The molecule has 1 saturated heterocycles. The number of thioether (sulfide) groups is 1. The molecule has 0 radical (unpaired) electrons. The van der Waals surface area contributed by atoms with Gasteiger partial charge in [-0.05, 0) is 57.0 Å². The van der Waals surface area contributed by atoms with E-state index in [0.29, 0.717) is 25.3 Å². The van der Waals surface area contributed by atoms with Gasteiger partial charge in [0.2, 0.25) is 11.8 Å². The summed E-state index contributed by atoms with van der Waals surface area (Å²) in [5.74, 6) is 1.54. The summed E-state index contributed by atoms with van der Waals surface area (Å²) in [5.41, 5.74) is -1.33. The van der Waals surface area contributed by atoms with Crippen molar-refractivity contribution >= 4 is 23.6 Å². The molecule has 120 valence electrons. The Morgan fingerprint density at radius 3 is 2.38 bits per heavy atom. The number of carbonyl (C=O) groups excluding carboxylic acids is 2.